The van der Waals surface area contributed by atoms with Crippen LogP contribution in [0.3, 0.4) is 0 Å². The van der Waals surface area contributed by atoms with E-state index in [1.54, 1.807) is 0 Å². The van der Waals surface area contributed by atoms with Crippen molar-refractivity contribution >= 4 is 131 Å². The summed E-state index contributed by atoms with van der Waals surface area (Å²) in [6.07, 6.45) is 0. The number of hydrogen-bond donors (Lipinski definition) is 0. The number of fused-ring (bicyclic) bond motifs is 14. The van der Waals surface area contributed by atoms with Crippen LogP contribution in [0.15, 0.2) is 146 Å². The molecular weight excluding hydrogens is 888 g/mol. The molecule has 3 aliphatic heterocycles. The predicted molar refractivity (Wildman–Crippen MR) is 303 cm³/mol. The van der Waals surface area contributed by atoms with Crippen LogP contribution in [0.25, 0.3) is 68.9 Å². The van der Waals surface area contributed by atoms with Crippen LogP contribution in [-0.4, -0.2) is 11.3 Å². The van der Waals surface area contributed by atoms with Gasteiger partial charge in [0.2, 0.25) is 0 Å². The first-order valence-corrected chi connectivity index (χ1v) is 26.2. The smallest absolute Gasteiger partial charge is 0.264 e. The molecule has 4 nitrogen and oxygen atoms in total. The van der Waals surface area contributed by atoms with Crippen molar-refractivity contribution in [3.8, 4) is 22.9 Å². The summed E-state index contributed by atoms with van der Waals surface area (Å²) in [7, 11) is 0. The standard InChI is InChI=1S/C63H51BN4S2/c1-61(2,3)38-23-24-47-43(29-38)44-30-39(62(4,5)6)32-51-56(44)66(47)52-33-40(63(7,8)9)31-46-58(52)68(51)50-27-35(34-65)26-49-55(50)64(46)60-57(45-28-37(22-25-54(45)70-60)36-16-11-10-12-17-36)67(49)48-20-15-19-42-41-18-13-14-21-53(41)69-59(42)48/h10-33H,1-9H3. The zero-order chi connectivity index (χ0) is 47.9. The van der Waals surface area contributed by atoms with Crippen LogP contribution in [0.5, 0.6) is 0 Å². The second kappa shape index (κ2) is 14.0. The quantitative estimate of drug-likeness (QED) is 0.162. The normalized spacial score (nSPS) is 14.0. The van der Waals surface area contributed by atoms with Gasteiger partial charge >= 0.3 is 0 Å². The molecule has 3 aliphatic rings. The number of anilines is 6. The van der Waals surface area contributed by atoms with E-state index in [2.05, 4.69) is 228 Å². The van der Waals surface area contributed by atoms with Crippen LogP contribution >= 0.6 is 22.7 Å². The molecule has 0 unspecified atom stereocenters. The average Bonchev–Trinajstić information content (AvgIpc) is 4.02. The SMILES string of the molecule is CC(C)(C)c1cc2c3c(c1)-n1c4ccc(C(C)(C)C)cc4c4cc(C(C)(C)C)cc(c41)N3c1cc(C#N)cc3c1B2c1sc2ccc(-c4ccccc4)cc2c1N3c1cccc2c1sc1ccccc12. The van der Waals surface area contributed by atoms with Crippen molar-refractivity contribution in [3.05, 3.63) is 168 Å². The van der Waals surface area contributed by atoms with E-state index in [1.807, 2.05) is 22.7 Å². The Bertz CT molecular complexity index is 4160. The third-order valence-electron chi connectivity index (χ3n) is 15.5. The predicted octanol–water partition coefficient (Wildman–Crippen LogP) is 16.2. The van der Waals surface area contributed by atoms with Gasteiger partial charge < -0.3 is 14.4 Å². The first kappa shape index (κ1) is 41.8. The molecule has 0 bridgehead atoms. The Kier molecular flexibility index (Phi) is 8.39. The number of rotatable bonds is 2. The minimum absolute atomic E-state index is 0.0198. The van der Waals surface area contributed by atoms with Gasteiger partial charge in [0.15, 0.2) is 0 Å². The average molecular weight is 939 g/mol. The molecule has 11 aromatic rings. The lowest BCUT2D eigenvalue weighted by Crippen LogP contribution is -2.61. The van der Waals surface area contributed by atoms with E-state index in [4.69, 9.17) is 0 Å². The molecule has 338 valence electrons. The van der Waals surface area contributed by atoms with Gasteiger partial charge in [-0.2, -0.15) is 5.26 Å². The molecule has 0 amide bonds. The van der Waals surface area contributed by atoms with E-state index in [-0.39, 0.29) is 23.0 Å². The minimum Gasteiger partial charge on any atom is -0.308 e. The summed E-state index contributed by atoms with van der Waals surface area (Å²) in [6, 6.07) is 57.7. The highest BCUT2D eigenvalue weighted by molar-refractivity contribution is 7.34. The first-order valence-electron chi connectivity index (χ1n) is 24.6. The molecule has 8 aromatic carbocycles. The molecule has 0 atom stereocenters. The number of aromatic nitrogens is 1. The van der Waals surface area contributed by atoms with Crippen molar-refractivity contribution in [1.82, 2.24) is 4.57 Å². The highest BCUT2D eigenvalue weighted by Gasteiger charge is 2.49. The van der Waals surface area contributed by atoms with Gasteiger partial charge in [-0.05, 0) is 122 Å². The van der Waals surface area contributed by atoms with Crippen LogP contribution < -0.4 is 25.5 Å². The Morgan fingerprint density at radius 2 is 1.13 bits per heavy atom. The minimum atomic E-state index is -0.146. The van der Waals surface area contributed by atoms with E-state index in [0.717, 1.165) is 22.7 Å². The summed E-state index contributed by atoms with van der Waals surface area (Å²) in [4.78, 5) is 5.14. The third-order valence-corrected chi connectivity index (χ3v) is 18.0. The fourth-order valence-corrected chi connectivity index (χ4v) is 14.4. The monoisotopic (exact) mass is 938 g/mol. The number of hydrogen-bond acceptors (Lipinski definition) is 5. The van der Waals surface area contributed by atoms with Crippen LogP contribution in [0.1, 0.15) is 84.6 Å². The highest BCUT2D eigenvalue weighted by Crippen LogP contribution is 2.56. The molecule has 14 rings (SSSR count). The first-order chi connectivity index (χ1) is 33.6. The summed E-state index contributed by atoms with van der Waals surface area (Å²) < 4.78 is 7.69. The van der Waals surface area contributed by atoms with Gasteiger partial charge in [0.25, 0.3) is 6.71 Å². The van der Waals surface area contributed by atoms with Crippen molar-refractivity contribution < 1.29 is 0 Å². The maximum absolute atomic E-state index is 11.3. The number of nitriles is 1. The number of nitrogens with zero attached hydrogens (tertiary/aromatic N) is 4. The van der Waals surface area contributed by atoms with Crippen molar-refractivity contribution in [3.63, 3.8) is 0 Å². The Hall–Kier alpha value is -7.11. The Labute approximate surface area is 417 Å². The zero-order valence-electron chi connectivity index (χ0n) is 41.0. The third kappa shape index (κ3) is 5.69. The topological polar surface area (TPSA) is 35.2 Å². The van der Waals surface area contributed by atoms with Crippen molar-refractivity contribution in [2.45, 2.75) is 78.6 Å². The van der Waals surface area contributed by atoms with Gasteiger partial charge in [0, 0.05) is 52.5 Å². The molecule has 0 spiro atoms. The molecular formula is C63H51BN4S2. The Balaban J connectivity index is 1.17. The molecule has 0 radical (unpaired) electrons. The van der Waals surface area contributed by atoms with Crippen molar-refractivity contribution in [2.75, 3.05) is 9.80 Å². The summed E-state index contributed by atoms with van der Waals surface area (Å²) in [5, 5.41) is 17.6. The van der Waals surface area contributed by atoms with E-state index in [9.17, 15) is 5.26 Å². The van der Waals surface area contributed by atoms with Gasteiger partial charge in [-0.25, -0.2) is 0 Å². The van der Waals surface area contributed by atoms with Crippen LogP contribution in [-0.2, 0) is 16.2 Å². The fourth-order valence-electron chi connectivity index (χ4n) is 11.9. The van der Waals surface area contributed by atoms with Crippen molar-refractivity contribution in [1.29, 1.82) is 5.26 Å². The maximum Gasteiger partial charge on any atom is 0.264 e. The lowest BCUT2D eigenvalue weighted by Gasteiger charge is -2.46. The highest BCUT2D eigenvalue weighted by atomic mass is 32.1. The summed E-state index contributed by atoms with van der Waals surface area (Å²) in [5.74, 6) is 0. The maximum atomic E-state index is 11.3. The second-order valence-corrected chi connectivity index (χ2v) is 25.1. The van der Waals surface area contributed by atoms with E-state index in [0.29, 0.717) is 5.56 Å². The Morgan fingerprint density at radius 3 is 1.87 bits per heavy atom. The molecule has 7 heteroatoms. The molecule has 0 saturated heterocycles. The molecule has 0 fully saturated rings. The van der Waals surface area contributed by atoms with Gasteiger partial charge in [0.1, 0.15) is 0 Å². The summed E-state index contributed by atoms with van der Waals surface area (Å²) in [6.45, 7) is 20.9. The van der Waals surface area contributed by atoms with Gasteiger partial charge in [-0.3, -0.25) is 0 Å². The van der Waals surface area contributed by atoms with Gasteiger partial charge in [0.05, 0.1) is 55.8 Å². The molecule has 0 saturated carbocycles. The summed E-state index contributed by atoms with van der Waals surface area (Å²) in [5.41, 5.74) is 19.7. The summed E-state index contributed by atoms with van der Waals surface area (Å²) >= 11 is 3.80. The van der Waals surface area contributed by atoms with Gasteiger partial charge in [-0.1, -0.05) is 141 Å². The second-order valence-electron chi connectivity index (χ2n) is 22.9. The van der Waals surface area contributed by atoms with Crippen LogP contribution in [0.2, 0.25) is 0 Å². The molecule has 0 N–H and O–H groups in total. The zero-order valence-corrected chi connectivity index (χ0v) is 42.7. The molecule has 0 aliphatic carbocycles. The van der Waals surface area contributed by atoms with Crippen LogP contribution in [0.4, 0.5) is 34.1 Å². The fraction of sp³-hybridized carbons (Fsp3) is 0.190. The van der Waals surface area contributed by atoms with Crippen LogP contribution in [0, 0.1) is 11.3 Å². The number of benzene rings is 8. The lowest BCUT2D eigenvalue weighted by atomic mass is 9.35. The van der Waals surface area contributed by atoms with Crippen molar-refractivity contribution in [2.24, 2.45) is 0 Å². The molecule has 6 heterocycles. The molecule has 70 heavy (non-hydrogen) atoms. The van der Waals surface area contributed by atoms with E-state index < -0.39 is 0 Å². The van der Waals surface area contributed by atoms with E-state index >= 15 is 0 Å². The number of thiophene rings is 2. The largest absolute Gasteiger partial charge is 0.308 e. The Morgan fingerprint density at radius 1 is 0.471 bits per heavy atom. The van der Waals surface area contributed by atoms with E-state index in [1.165, 1.54) is 113 Å². The van der Waals surface area contributed by atoms with Gasteiger partial charge in [-0.15, -0.1) is 22.7 Å². The lowest BCUT2D eigenvalue weighted by molar-refractivity contribution is 0.590. The molecule has 3 aromatic heterocycles.